The molecule has 2 rings (SSSR count). The van der Waals surface area contributed by atoms with Crippen molar-refractivity contribution in [2.24, 2.45) is 11.8 Å². The topological polar surface area (TPSA) is 15.3 Å². The highest BCUT2D eigenvalue weighted by atomic mass is 15.3. The van der Waals surface area contributed by atoms with Crippen LogP contribution in [0.5, 0.6) is 0 Å². The summed E-state index contributed by atoms with van der Waals surface area (Å²) >= 11 is 0. The Morgan fingerprint density at radius 1 is 1.17 bits per heavy atom. The van der Waals surface area contributed by atoms with Gasteiger partial charge in [-0.25, -0.2) is 0 Å². The van der Waals surface area contributed by atoms with Crippen molar-refractivity contribution in [1.29, 1.82) is 0 Å². The molecule has 0 aromatic carbocycles. The van der Waals surface area contributed by atoms with Gasteiger partial charge in [0, 0.05) is 30.7 Å². The molecular weight excluding hydrogens is 220 g/mol. The molecule has 0 amide bonds. The van der Waals surface area contributed by atoms with Crippen molar-refractivity contribution in [1.82, 2.24) is 10.2 Å². The van der Waals surface area contributed by atoms with Crippen LogP contribution in [-0.2, 0) is 0 Å². The molecule has 1 heterocycles. The van der Waals surface area contributed by atoms with Crippen LogP contribution < -0.4 is 5.32 Å². The monoisotopic (exact) mass is 252 g/mol. The van der Waals surface area contributed by atoms with Gasteiger partial charge in [0.05, 0.1) is 0 Å². The lowest BCUT2D eigenvalue weighted by molar-refractivity contribution is 0.0208. The number of rotatable bonds is 2. The van der Waals surface area contributed by atoms with Gasteiger partial charge in [-0.3, -0.25) is 4.90 Å². The van der Waals surface area contributed by atoms with Crippen LogP contribution in [0.2, 0.25) is 0 Å². The Balaban J connectivity index is 2.02. The SMILES string of the molecule is CCC1(C)CN(C2CCC(C)C(C)C2)C(C)CN1. The fraction of sp³-hybridized carbons (Fsp3) is 1.00. The van der Waals surface area contributed by atoms with E-state index in [2.05, 4.69) is 44.8 Å². The third-order valence-electron chi connectivity index (χ3n) is 5.74. The van der Waals surface area contributed by atoms with Crippen LogP contribution in [0, 0.1) is 11.8 Å². The lowest BCUT2D eigenvalue weighted by Gasteiger charge is -2.50. The first-order valence-electron chi connectivity index (χ1n) is 7.96. The first-order valence-corrected chi connectivity index (χ1v) is 7.96. The molecule has 1 aliphatic carbocycles. The molecule has 5 atom stereocenters. The zero-order valence-corrected chi connectivity index (χ0v) is 13.0. The predicted molar refractivity (Wildman–Crippen MR) is 78.8 cm³/mol. The fourth-order valence-electron chi connectivity index (χ4n) is 3.67. The van der Waals surface area contributed by atoms with Crippen molar-refractivity contribution in [2.75, 3.05) is 13.1 Å². The molecule has 1 saturated carbocycles. The van der Waals surface area contributed by atoms with Crippen molar-refractivity contribution < 1.29 is 0 Å². The minimum atomic E-state index is 0.332. The van der Waals surface area contributed by atoms with E-state index in [1.165, 1.54) is 32.2 Å². The van der Waals surface area contributed by atoms with Crippen molar-refractivity contribution >= 4 is 0 Å². The molecule has 5 unspecified atom stereocenters. The molecule has 2 aliphatic rings. The van der Waals surface area contributed by atoms with Crippen LogP contribution in [0.25, 0.3) is 0 Å². The van der Waals surface area contributed by atoms with Crippen molar-refractivity contribution in [3.63, 3.8) is 0 Å². The van der Waals surface area contributed by atoms with Gasteiger partial charge in [0.2, 0.25) is 0 Å². The molecule has 2 nitrogen and oxygen atoms in total. The second kappa shape index (κ2) is 5.50. The average Bonchev–Trinajstić information content (AvgIpc) is 2.36. The standard InChI is InChI=1S/C16H32N2/c1-6-16(5)11-18(14(4)10-17-16)15-8-7-12(2)13(3)9-15/h12-15,17H,6-11H2,1-5H3. The maximum atomic E-state index is 3.74. The summed E-state index contributed by atoms with van der Waals surface area (Å²) in [6, 6.07) is 1.54. The predicted octanol–water partition coefficient (Wildman–Crippen LogP) is 3.27. The molecule has 0 aromatic heterocycles. The molecule has 0 radical (unpaired) electrons. The number of piperazine rings is 1. The van der Waals surface area contributed by atoms with Gasteiger partial charge in [0.15, 0.2) is 0 Å². The van der Waals surface area contributed by atoms with Crippen molar-refractivity contribution in [3.05, 3.63) is 0 Å². The van der Waals surface area contributed by atoms with E-state index in [0.717, 1.165) is 24.4 Å². The zero-order chi connectivity index (χ0) is 13.3. The van der Waals surface area contributed by atoms with Gasteiger partial charge in [-0.05, 0) is 51.4 Å². The number of nitrogens with zero attached hydrogens (tertiary/aromatic N) is 1. The normalized spacial score (nSPS) is 47.2. The Kier molecular flexibility index (Phi) is 4.38. The molecule has 18 heavy (non-hydrogen) atoms. The molecule has 0 bridgehead atoms. The lowest BCUT2D eigenvalue weighted by Crippen LogP contribution is -2.64. The van der Waals surface area contributed by atoms with Gasteiger partial charge in [-0.2, -0.15) is 0 Å². The molecule has 106 valence electrons. The Hall–Kier alpha value is -0.0800. The van der Waals surface area contributed by atoms with E-state index in [9.17, 15) is 0 Å². The van der Waals surface area contributed by atoms with E-state index < -0.39 is 0 Å². The highest BCUT2D eigenvalue weighted by molar-refractivity contribution is 4.96. The minimum absolute atomic E-state index is 0.332. The highest BCUT2D eigenvalue weighted by Crippen LogP contribution is 2.34. The summed E-state index contributed by atoms with van der Waals surface area (Å²) in [4.78, 5) is 2.81. The van der Waals surface area contributed by atoms with E-state index in [-0.39, 0.29) is 0 Å². The second-order valence-corrected chi connectivity index (χ2v) is 7.24. The molecular formula is C16H32N2. The Labute approximate surface area is 114 Å². The third kappa shape index (κ3) is 2.91. The third-order valence-corrected chi connectivity index (χ3v) is 5.74. The highest BCUT2D eigenvalue weighted by Gasteiger charge is 2.38. The van der Waals surface area contributed by atoms with Crippen molar-refractivity contribution in [2.45, 2.75) is 77.9 Å². The van der Waals surface area contributed by atoms with Crippen molar-refractivity contribution in [3.8, 4) is 0 Å². The van der Waals surface area contributed by atoms with E-state index in [1.807, 2.05) is 0 Å². The smallest absolute Gasteiger partial charge is 0.0278 e. The van der Waals surface area contributed by atoms with Crippen LogP contribution >= 0.6 is 0 Å². The maximum Gasteiger partial charge on any atom is 0.0278 e. The minimum Gasteiger partial charge on any atom is -0.309 e. The summed E-state index contributed by atoms with van der Waals surface area (Å²) < 4.78 is 0. The molecule has 1 aliphatic heterocycles. The molecule has 0 spiro atoms. The average molecular weight is 252 g/mol. The van der Waals surface area contributed by atoms with E-state index in [4.69, 9.17) is 0 Å². The van der Waals surface area contributed by atoms with Crippen LogP contribution in [0.15, 0.2) is 0 Å². The number of hydrogen-bond donors (Lipinski definition) is 1. The summed E-state index contributed by atoms with van der Waals surface area (Å²) in [5.41, 5.74) is 0.332. The van der Waals surface area contributed by atoms with Crippen LogP contribution in [0.1, 0.15) is 60.3 Å². The maximum absolute atomic E-state index is 3.74. The second-order valence-electron chi connectivity index (χ2n) is 7.24. The summed E-state index contributed by atoms with van der Waals surface area (Å²) in [6.45, 7) is 14.4. The molecule has 1 saturated heterocycles. The summed E-state index contributed by atoms with van der Waals surface area (Å²) in [6.07, 6.45) is 5.47. The number of hydrogen-bond acceptors (Lipinski definition) is 2. The van der Waals surface area contributed by atoms with Gasteiger partial charge in [-0.1, -0.05) is 20.8 Å². The quantitative estimate of drug-likeness (QED) is 0.811. The largest absolute Gasteiger partial charge is 0.309 e. The molecule has 1 N–H and O–H groups in total. The molecule has 2 fully saturated rings. The Morgan fingerprint density at radius 2 is 1.89 bits per heavy atom. The van der Waals surface area contributed by atoms with Gasteiger partial charge in [-0.15, -0.1) is 0 Å². The summed E-state index contributed by atoms with van der Waals surface area (Å²) in [5, 5.41) is 3.74. The first kappa shape index (κ1) is 14.3. The van der Waals surface area contributed by atoms with E-state index in [1.54, 1.807) is 0 Å². The van der Waals surface area contributed by atoms with E-state index >= 15 is 0 Å². The van der Waals surface area contributed by atoms with Gasteiger partial charge >= 0.3 is 0 Å². The molecule has 2 heteroatoms. The number of nitrogens with one attached hydrogen (secondary N) is 1. The summed E-state index contributed by atoms with van der Waals surface area (Å²) in [5.74, 6) is 1.83. The molecule has 0 aromatic rings. The zero-order valence-electron chi connectivity index (χ0n) is 13.0. The lowest BCUT2D eigenvalue weighted by atomic mass is 9.77. The first-order chi connectivity index (χ1) is 8.45. The summed E-state index contributed by atoms with van der Waals surface area (Å²) in [7, 11) is 0. The van der Waals surface area contributed by atoms with E-state index in [0.29, 0.717) is 11.6 Å². The van der Waals surface area contributed by atoms with Crippen LogP contribution in [0.3, 0.4) is 0 Å². The Bertz CT molecular complexity index is 278. The van der Waals surface area contributed by atoms with Gasteiger partial charge in [0.1, 0.15) is 0 Å². The Morgan fingerprint density at radius 3 is 2.50 bits per heavy atom. The van der Waals surface area contributed by atoms with Gasteiger partial charge < -0.3 is 5.32 Å². The van der Waals surface area contributed by atoms with Gasteiger partial charge in [0.25, 0.3) is 0 Å². The van der Waals surface area contributed by atoms with Crippen LogP contribution in [-0.4, -0.2) is 35.6 Å². The van der Waals surface area contributed by atoms with Crippen LogP contribution in [0.4, 0.5) is 0 Å². The fourth-order valence-corrected chi connectivity index (χ4v) is 3.67.